The quantitative estimate of drug-likeness (QED) is 0.351. The van der Waals surface area contributed by atoms with E-state index in [1.807, 2.05) is 24.3 Å². The number of anilines is 1. The summed E-state index contributed by atoms with van der Waals surface area (Å²) in [7, 11) is 0. The number of guanidine groups is 1. The third kappa shape index (κ3) is 8.84. The normalized spacial score (nSPS) is 12.6. The number of amides is 1. The van der Waals surface area contributed by atoms with Crippen LogP contribution in [0, 0.1) is 0 Å². The number of rotatable bonds is 12. The van der Waals surface area contributed by atoms with E-state index in [-0.39, 0.29) is 5.91 Å². The zero-order valence-corrected chi connectivity index (χ0v) is 19.3. The summed E-state index contributed by atoms with van der Waals surface area (Å²) in [5, 5.41) is 9.65. The summed E-state index contributed by atoms with van der Waals surface area (Å²) in [4.78, 5) is 19.2. The van der Waals surface area contributed by atoms with E-state index in [2.05, 4.69) is 48.5 Å². The molecule has 0 saturated carbocycles. The molecule has 0 fully saturated rings. The van der Waals surface area contributed by atoms with Gasteiger partial charge in [0.25, 0.3) is 5.91 Å². The SMILES string of the molecule is CCNC(=NCc1ccc(NC(=O)c2ccco2)cc1)NC(C)CCCN(CC)CC. The minimum Gasteiger partial charge on any atom is -0.459 e. The second-order valence-corrected chi connectivity index (χ2v) is 7.54. The molecule has 1 heterocycles. The number of benzene rings is 1. The molecule has 1 aromatic carbocycles. The first-order chi connectivity index (χ1) is 15.0. The predicted molar refractivity (Wildman–Crippen MR) is 128 cm³/mol. The average Bonchev–Trinajstić information content (AvgIpc) is 3.31. The molecule has 31 heavy (non-hydrogen) atoms. The van der Waals surface area contributed by atoms with Crippen LogP contribution in [0.5, 0.6) is 0 Å². The summed E-state index contributed by atoms with van der Waals surface area (Å²) < 4.78 is 5.11. The van der Waals surface area contributed by atoms with E-state index in [1.165, 1.54) is 12.7 Å². The van der Waals surface area contributed by atoms with Crippen molar-refractivity contribution in [1.29, 1.82) is 0 Å². The van der Waals surface area contributed by atoms with Crippen molar-refractivity contribution < 1.29 is 9.21 Å². The standard InChI is InChI=1S/C24H37N5O2/c1-5-25-24(27-19(4)10-8-16-29(6-2)7-3)26-18-20-12-14-21(15-13-20)28-23(30)22-11-9-17-31-22/h9,11-15,17,19H,5-8,10,16,18H2,1-4H3,(H,28,30)(H2,25,26,27). The molecule has 0 aliphatic heterocycles. The Kier molecular flexibility index (Phi) is 10.6. The fourth-order valence-electron chi connectivity index (χ4n) is 3.25. The van der Waals surface area contributed by atoms with Crippen LogP contribution in [0.4, 0.5) is 5.69 Å². The van der Waals surface area contributed by atoms with Crippen LogP contribution in [0.2, 0.25) is 0 Å². The lowest BCUT2D eigenvalue weighted by atomic mass is 10.2. The van der Waals surface area contributed by atoms with Crippen LogP contribution in [0.25, 0.3) is 0 Å². The van der Waals surface area contributed by atoms with E-state index >= 15 is 0 Å². The van der Waals surface area contributed by atoms with Gasteiger partial charge in [-0.05, 0) is 76.2 Å². The molecule has 2 rings (SSSR count). The fraction of sp³-hybridized carbons (Fsp3) is 0.500. The van der Waals surface area contributed by atoms with Crippen molar-refractivity contribution >= 4 is 17.6 Å². The Morgan fingerprint density at radius 3 is 2.48 bits per heavy atom. The lowest BCUT2D eigenvalue weighted by Crippen LogP contribution is -2.42. The van der Waals surface area contributed by atoms with Gasteiger partial charge in [0, 0.05) is 18.3 Å². The lowest BCUT2D eigenvalue weighted by molar-refractivity contribution is 0.0996. The number of hydrogen-bond donors (Lipinski definition) is 3. The van der Waals surface area contributed by atoms with Crippen LogP contribution in [0.15, 0.2) is 52.1 Å². The highest BCUT2D eigenvalue weighted by Crippen LogP contribution is 2.12. The molecule has 0 spiro atoms. The Hall–Kier alpha value is -2.80. The number of furan rings is 1. The molecule has 0 radical (unpaired) electrons. The van der Waals surface area contributed by atoms with E-state index in [4.69, 9.17) is 9.41 Å². The molecule has 0 aliphatic carbocycles. The Morgan fingerprint density at radius 2 is 1.87 bits per heavy atom. The van der Waals surface area contributed by atoms with Gasteiger partial charge in [-0.15, -0.1) is 0 Å². The fourth-order valence-corrected chi connectivity index (χ4v) is 3.25. The molecule has 0 saturated heterocycles. The Morgan fingerprint density at radius 1 is 1.13 bits per heavy atom. The Bertz CT molecular complexity index is 783. The van der Waals surface area contributed by atoms with Crippen LogP contribution in [0.3, 0.4) is 0 Å². The number of carbonyl (C=O) groups is 1. The minimum atomic E-state index is -0.260. The molecule has 2 aromatic rings. The van der Waals surface area contributed by atoms with E-state index < -0.39 is 0 Å². The Balaban J connectivity index is 1.84. The third-order valence-corrected chi connectivity index (χ3v) is 5.11. The first-order valence-corrected chi connectivity index (χ1v) is 11.3. The second kappa shape index (κ2) is 13.5. The summed E-state index contributed by atoms with van der Waals surface area (Å²) in [6, 6.07) is 11.4. The average molecular weight is 428 g/mol. The maximum absolute atomic E-state index is 12.1. The molecule has 1 atom stereocenters. The first kappa shape index (κ1) is 24.5. The van der Waals surface area contributed by atoms with Crippen LogP contribution in [-0.2, 0) is 6.54 Å². The highest BCUT2D eigenvalue weighted by molar-refractivity contribution is 6.02. The van der Waals surface area contributed by atoms with Crippen LogP contribution < -0.4 is 16.0 Å². The first-order valence-electron chi connectivity index (χ1n) is 11.3. The van der Waals surface area contributed by atoms with Gasteiger partial charge in [0.2, 0.25) is 0 Å². The van der Waals surface area contributed by atoms with Gasteiger partial charge in [-0.3, -0.25) is 4.79 Å². The van der Waals surface area contributed by atoms with Crippen molar-refractivity contribution in [3.05, 3.63) is 54.0 Å². The summed E-state index contributed by atoms with van der Waals surface area (Å²) >= 11 is 0. The maximum Gasteiger partial charge on any atom is 0.291 e. The smallest absolute Gasteiger partial charge is 0.291 e. The van der Waals surface area contributed by atoms with Crippen molar-refractivity contribution in [2.45, 2.75) is 53.1 Å². The molecule has 1 aromatic heterocycles. The number of carbonyl (C=O) groups excluding carboxylic acids is 1. The number of nitrogens with one attached hydrogen (secondary N) is 3. The number of hydrogen-bond acceptors (Lipinski definition) is 4. The van der Waals surface area contributed by atoms with Gasteiger partial charge >= 0.3 is 0 Å². The van der Waals surface area contributed by atoms with Gasteiger partial charge in [-0.1, -0.05) is 26.0 Å². The molecule has 7 heteroatoms. The van der Waals surface area contributed by atoms with Gasteiger partial charge in [0.1, 0.15) is 0 Å². The van der Waals surface area contributed by atoms with Gasteiger partial charge in [0.05, 0.1) is 12.8 Å². The molecule has 0 aliphatic rings. The van der Waals surface area contributed by atoms with Gasteiger partial charge in [0.15, 0.2) is 11.7 Å². The van der Waals surface area contributed by atoms with Crippen molar-refractivity contribution in [3.63, 3.8) is 0 Å². The summed E-state index contributed by atoms with van der Waals surface area (Å²) in [6.07, 6.45) is 3.75. The minimum absolute atomic E-state index is 0.260. The molecule has 3 N–H and O–H groups in total. The molecule has 7 nitrogen and oxygen atoms in total. The van der Waals surface area contributed by atoms with Crippen LogP contribution in [0.1, 0.15) is 56.7 Å². The molecule has 1 unspecified atom stereocenters. The predicted octanol–water partition coefficient (Wildman–Crippen LogP) is 4.10. The van der Waals surface area contributed by atoms with Gasteiger partial charge < -0.3 is 25.3 Å². The van der Waals surface area contributed by atoms with Crippen molar-refractivity contribution in [3.8, 4) is 0 Å². The monoisotopic (exact) mass is 427 g/mol. The van der Waals surface area contributed by atoms with Gasteiger partial charge in [-0.2, -0.15) is 0 Å². The van der Waals surface area contributed by atoms with E-state index in [1.54, 1.807) is 12.1 Å². The van der Waals surface area contributed by atoms with E-state index in [0.717, 1.165) is 49.8 Å². The van der Waals surface area contributed by atoms with Gasteiger partial charge in [-0.25, -0.2) is 4.99 Å². The number of aliphatic imine (C=N–C) groups is 1. The Labute approximate surface area is 186 Å². The summed E-state index contributed by atoms with van der Waals surface area (Å²) in [6.45, 7) is 13.4. The highest BCUT2D eigenvalue weighted by Gasteiger charge is 2.09. The number of nitrogens with zero attached hydrogens (tertiary/aromatic N) is 2. The molecule has 170 valence electrons. The maximum atomic E-state index is 12.1. The van der Waals surface area contributed by atoms with Crippen molar-refractivity contribution in [1.82, 2.24) is 15.5 Å². The summed E-state index contributed by atoms with van der Waals surface area (Å²) in [5.41, 5.74) is 1.79. The van der Waals surface area contributed by atoms with Crippen molar-refractivity contribution in [2.24, 2.45) is 4.99 Å². The second-order valence-electron chi connectivity index (χ2n) is 7.54. The highest BCUT2D eigenvalue weighted by atomic mass is 16.3. The van der Waals surface area contributed by atoms with Crippen LogP contribution in [-0.4, -0.2) is 49.0 Å². The van der Waals surface area contributed by atoms with Crippen molar-refractivity contribution in [2.75, 3.05) is 31.5 Å². The zero-order valence-electron chi connectivity index (χ0n) is 19.3. The molecule has 1 amide bonds. The third-order valence-electron chi connectivity index (χ3n) is 5.11. The van der Waals surface area contributed by atoms with Crippen LogP contribution >= 0.6 is 0 Å². The molecule has 0 bridgehead atoms. The topological polar surface area (TPSA) is 81.9 Å². The van der Waals surface area contributed by atoms with E-state index in [9.17, 15) is 4.79 Å². The molecular weight excluding hydrogens is 390 g/mol. The zero-order chi connectivity index (χ0) is 22.5. The van der Waals surface area contributed by atoms with E-state index in [0.29, 0.717) is 18.3 Å². The summed E-state index contributed by atoms with van der Waals surface area (Å²) in [5.74, 6) is 0.860. The molecular formula is C24H37N5O2. The largest absolute Gasteiger partial charge is 0.459 e. The lowest BCUT2D eigenvalue weighted by Gasteiger charge is -2.21.